The Bertz CT molecular complexity index is 394. The number of halogens is 1. The fourth-order valence-electron chi connectivity index (χ4n) is 1.03. The minimum absolute atomic E-state index is 0.909. The van der Waals surface area contributed by atoms with Crippen LogP contribution in [0.5, 0.6) is 0 Å². The van der Waals surface area contributed by atoms with Gasteiger partial charge < -0.3 is 0 Å². The summed E-state index contributed by atoms with van der Waals surface area (Å²) in [6, 6.07) is 2.06. The Morgan fingerprint density at radius 3 is 3.18 bits per heavy atom. The lowest BCUT2D eigenvalue weighted by Gasteiger charge is -1.90. The van der Waals surface area contributed by atoms with E-state index in [1.807, 2.05) is 6.20 Å². The van der Waals surface area contributed by atoms with Gasteiger partial charge in [-0.3, -0.25) is 0 Å². The first-order valence-electron chi connectivity index (χ1n) is 3.27. The van der Waals surface area contributed by atoms with Gasteiger partial charge in [-0.05, 0) is 45.2 Å². The van der Waals surface area contributed by atoms with E-state index in [-0.39, 0.29) is 0 Å². The van der Waals surface area contributed by atoms with Crippen LogP contribution >= 0.6 is 27.3 Å². The Labute approximate surface area is 77.2 Å². The molecule has 0 radical (unpaired) electrons. The van der Waals surface area contributed by atoms with Gasteiger partial charge in [0, 0.05) is 6.20 Å². The maximum atomic E-state index is 4.15. The molecular weight excluding hydrogens is 222 g/mol. The van der Waals surface area contributed by atoms with Crippen LogP contribution in [0.2, 0.25) is 0 Å². The van der Waals surface area contributed by atoms with Crippen molar-refractivity contribution in [3.63, 3.8) is 0 Å². The summed E-state index contributed by atoms with van der Waals surface area (Å²) in [7, 11) is 0. The van der Waals surface area contributed by atoms with E-state index in [0.29, 0.717) is 0 Å². The number of nitrogens with zero attached hydrogens (tertiary/aromatic N) is 1. The van der Waals surface area contributed by atoms with Crippen molar-refractivity contribution in [1.29, 1.82) is 0 Å². The molecule has 0 aromatic carbocycles. The summed E-state index contributed by atoms with van der Waals surface area (Å²) >= 11 is 5.08. The smallest absolute Gasteiger partial charge is 0.106 e. The van der Waals surface area contributed by atoms with Crippen LogP contribution in [0, 0.1) is 6.92 Å². The second-order valence-corrected chi connectivity index (χ2v) is 4.15. The van der Waals surface area contributed by atoms with Crippen molar-refractivity contribution < 1.29 is 0 Å². The Kier molecular flexibility index (Phi) is 1.69. The quantitative estimate of drug-likeness (QED) is 0.630. The van der Waals surface area contributed by atoms with Crippen LogP contribution in [0.3, 0.4) is 0 Å². The number of hydrogen-bond donors (Lipinski definition) is 0. The van der Waals surface area contributed by atoms with E-state index < -0.39 is 0 Å². The van der Waals surface area contributed by atoms with Gasteiger partial charge in [-0.1, -0.05) is 0 Å². The summed E-state index contributed by atoms with van der Waals surface area (Å²) in [5.74, 6) is 0. The molecule has 0 fully saturated rings. The number of rotatable bonds is 0. The van der Waals surface area contributed by atoms with Crippen LogP contribution < -0.4 is 0 Å². The monoisotopic (exact) mass is 227 g/mol. The van der Waals surface area contributed by atoms with Crippen molar-refractivity contribution in [2.45, 2.75) is 6.92 Å². The van der Waals surface area contributed by atoms with Crippen LogP contribution in [0.1, 0.15) is 5.56 Å². The van der Waals surface area contributed by atoms with Crippen LogP contribution in [-0.2, 0) is 0 Å². The van der Waals surface area contributed by atoms with Crippen molar-refractivity contribution in [1.82, 2.24) is 4.98 Å². The zero-order chi connectivity index (χ0) is 7.84. The second-order valence-electron chi connectivity index (χ2n) is 2.42. The molecule has 0 saturated heterocycles. The molecule has 0 aliphatic rings. The molecule has 1 nitrogen and oxygen atoms in total. The molecule has 56 valence electrons. The molecule has 0 atom stereocenters. The van der Waals surface area contributed by atoms with Crippen LogP contribution in [0.4, 0.5) is 0 Å². The van der Waals surface area contributed by atoms with Crippen LogP contribution in [0.25, 0.3) is 10.1 Å². The van der Waals surface area contributed by atoms with Gasteiger partial charge in [0.05, 0.1) is 4.70 Å². The Hall–Kier alpha value is -0.410. The molecular formula is C8H6BrNS. The van der Waals surface area contributed by atoms with Gasteiger partial charge in [0.15, 0.2) is 0 Å². The number of aryl methyl sites for hydroxylation is 1. The molecule has 2 rings (SSSR count). The minimum atomic E-state index is 0.909. The Balaban J connectivity index is 2.87. The van der Waals surface area contributed by atoms with Crippen molar-refractivity contribution in [2.75, 3.05) is 0 Å². The number of aromatic nitrogens is 1. The number of fused-ring (bicyclic) bond motifs is 1. The zero-order valence-electron chi connectivity index (χ0n) is 5.97. The summed E-state index contributed by atoms with van der Waals surface area (Å²) in [6.45, 7) is 2.12. The van der Waals surface area contributed by atoms with Gasteiger partial charge >= 0.3 is 0 Å². The van der Waals surface area contributed by atoms with E-state index in [4.69, 9.17) is 0 Å². The number of pyridine rings is 1. The summed E-state index contributed by atoms with van der Waals surface area (Å²) in [4.78, 5) is 4.15. The average Bonchev–Trinajstić information content (AvgIpc) is 2.33. The normalized spacial score (nSPS) is 10.7. The molecule has 3 heteroatoms. The Morgan fingerprint density at radius 2 is 2.36 bits per heavy atom. The first-order chi connectivity index (χ1) is 5.27. The van der Waals surface area contributed by atoms with Crippen molar-refractivity contribution in [2.24, 2.45) is 0 Å². The first kappa shape index (κ1) is 7.25. The van der Waals surface area contributed by atoms with Gasteiger partial charge in [0.25, 0.3) is 0 Å². The molecule has 0 bridgehead atoms. The summed E-state index contributed by atoms with van der Waals surface area (Å²) < 4.78 is 2.16. The number of thiophene rings is 1. The standard InChI is InChI=1S/C8H6BrNS/c1-5-4-11-7-3-10-8(9)2-6(5)7/h2-4H,1H3. The first-order valence-corrected chi connectivity index (χ1v) is 4.94. The predicted molar refractivity (Wildman–Crippen MR) is 52.1 cm³/mol. The molecule has 0 aliphatic heterocycles. The highest BCUT2D eigenvalue weighted by atomic mass is 79.9. The highest BCUT2D eigenvalue weighted by molar-refractivity contribution is 9.10. The van der Waals surface area contributed by atoms with Crippen molar-refractivity contribution >= 4 is 37.4 Å². The van der Waals surface area contributed by atoms with Crippen molar-refractivity contribution in [3.8, 4) is 0 Å². The molecule has 0 saturated carbocycles. The van der Waals surface area contributed by atoms with Gasteiger partial charge in [0.2, 0.25) is 0 Å². The minimum Gasteiger partial charge on any atom is -0.248 e. The lowest BCUT2D eigenvalue weighted by Crippen LogP contribution is -1.73. The third-order valence-electron chi connectivity index (χ3n) is 1.62. The van der Waals surface area contributed by atoms with Crippen LogP contribution in [0.15, 0.2) is 22.2 Å². The second kappa shape index (κ2) is 2.57. The van der Waals surface area contributed by atoms with E-state index >= 15 is 0 Å². The molecule has 2 aromatic heterocycles. The molecule has 0 aliphatic carbocycles. The SMILES string of the molecule is Cc1csc2cnc(Br)cc12. The fraction of sp³-hybridized carbons (Fsp3) is 0.125. The molecule has 2 heterocycles. The largest absolute Gasteiger partial charge is 0.248 e. The Morgan fingerprint density at radius 1 is 1.55 bits per heavy atom. The van der Waals surface area contributed by atoms with E-state index in [0.717, 1.165) is 4.60 Å². The predicted octanol–water partition coefficient (Wildman–Crippen LogP) is 3.37. The van der Waals surface area contributed by atoms with Crippen LogP contribution in [-0.4, -0.2) is 4.98 Å². The highest BCUT2D eigenvalue weighted by Crippen LogP contribution is 2.26. The lowest BCUT2D eigenvalue weighted by molar-refractivity contribution is 1.31. The van der Waals surface area contributed by atoms with Gasteiger partial charge in [-0.25, -0.2) is 4.98 Å². The maximum Gasteiger partial charge on any atom is 0.106 e. The fourth-order valence-corrected chi connectivity index (χ4v) is 2.26. The van der Waals surface area contributed by atoms with Crippen molar-refractivity contribution in [3.05, 3.63) is 27.8 Å². The zero-order valence-corrected chi connectivity index (χ0v) is 8.37. The highest BCUT2D eigenvalue weighted by Gasteiger charge is 1.99. The van der Waals surface area contributed by atoms with Gasteiger partial charge in [-0.15, -0.1) is 11.3 Å². The lowest BCUT2D eigenvalue weighted by atomic mass is 10.2. The summed E-state index contributed by atoms with van der Waals surface area (Å²) in [5, 5.41) is 3.45. The molecule has 2 aromatic rings. The van der Waals surface area contributed by atoms with E-state index in [1.54, 1.807) is 11.3 Å². The number of hydrogen-bond acceptors (Lipinski definition) is 2. The molecule has 0 N–H and O–H groups in total. The molecule has 0 unspecified atom stereocenters. The molecule has 11 heavy (non-hydrogen) atoms. The maximum absolute atomic E-state index is 4.15. The topological polar surface area (TPSA) is 12.9 Å². The van der Waals surface area contributed by atoms with Gasteiger partial charge in [0.1, 0.15) is 4.60 Å². The molecule has 0 amide bonds. The van der Waals surface area contributed by atoms with E-state index in [1.165, 1.54) is 15.6 Å². The van der Waals surface area contributed by atoms with E-state index in [2.05, 4.69) is 39.3 Å². The third kappa shape index (κ3) is 1.19. The van der Waals surface area contributed by atoms with Gasteiger partial charge in [-0.2, -0.15) is 0 Å². The summed E-state index contributed by atoms with van der Waals surface area (Å²) in [5.41, 5.74) is 1.33. The molecule has 0 spiro atoms. The third-order valence-corrected chi connectivity index (χ3v) is 3.11. The van der Waals surface area contributed by atoms with E-state index in [9.17, 15) is 0 Å². The average molecular weight is 228 g/mol. The summed E-state index contributed by atoms with van der Waals surface area (Å²) in [6.07, 6.45) is 1.90.